The second-order valence-corrected chi connectivity index (χ2v) is 7.03. The summed E-state index contributed by atoms with van der Waals surface area (Å²) in [6.07, 6.45) is 2.43. The Hall–Kier alpha value is -2.71. The Morgan fingerprint density at radius 1 is 1.36 bits per heavy atom. The molecule has 2 aliphatic rings. The van der Waals surface area contributed by atoms with Crippen LogP contribution in [0.4, 0.5) is 15.8 Å². The number of anilines is 2. The van der Waals surface area contributed by atoms with Crippen molar-refractivity contribution >= 4 is 17.3 Å². The summed E-state index contributed by atoms with van der Waals surface area (Å²) >= 11 is 0. The van der Waals surface area contributed by atoms with Crippen molar-refractivity contribution in [2.45, 2.75) is 39.0 Å². The summed E-state index contributed by atoms with van der Waals surface area (Å²) in [7, 11) is 0. The molecule has 1 aromatic heterocycles. The van der Waals surface area contributed by atoms with Crippen LogP contribution in [0.1, 0.15) is 24.5 Å². The molecule has 2 unspecified atom stereocenters. The molecule has 2 N–H and O–H groups in total. The van der Waals surface area contributed by atoms with Gasteiger partial charge in [-0.1, -0.05) is 6.92 Å². The monoisotopic (exact) mass is 386 g/mol. The summed E-state index contributed by atoms with van der Waals surface area (Å²) in [4.78, 5) is 19.1. The Balaban J connectivity index is 1.44. The van der Waals surface area contributed by atoms with Gasteiger partial charge in [0.2, 0.25) is 12.3 Å². The number of carbonyl (C=O) groups is 1. The smallest absolute Gasteiger partial charge is 0.238 e. The molecular formula is C20H23FN4O3. The molecule has 7 nitrogen and oxygen atoms in total. The fraction of sp³-hybridized carbons (Fsp3) is 0.400. The Bertz CT molecular complexity index is 853. The summed E-state index contributed by atoms with van der Waals surface area (Å²) in [6, 6.07) is 6.87. The van der Waals surface area contributed by atoms with Crippen molar-refractivity contribution in [1.82, 2.24) is 10.3 Å². The average Bonchev–Trinajstić information content (AvgIpc) is 3.29. The Morgan fingerprint density at radius 3 is 2.93 bits per heavy atom. The number of rotatable bonds is 5. The molecule has 2 atom stereocenters. The fourth-order valence-electron chi connectivity index (χ4n) is 3.62. The minimum atomic E-state index is -1.17. The van der Waals surface area contributed by atoms with Crippen LogP contribution in [0.3, 0.4) is 0 Å². The van der Waals surface area contributed by atoms with E-state index in [2.05, 4.69) is 10.3 Å². The molecule has 0 radical (unpaired) electrons. The molecule has 2 aliphatic heterocycles. The minimum absolute atomic E-state index is 0.0752. The zero-order valence-electron chi connectivity index (χ0n) is 15.6. The number of hydrogen-bond acceptors (Lipinski definition) is 6. The maximum absolute atomic E-state index is 14.8. The van der Waals surface area contributed by atoms with Gasteiger partial charge in [0.15, 0.2) is 0 Å². The summed E-state index contributed by atoms with van der Waals surface area (Å²) < 4.78 is 20.3. The van der Waals surface area contributed by atoms with Crippen LogP contribution in [-0.2, 0) is 22.6 Å². The van der Waals surface area contributed by atoms with E-state index in [4.69, 9.17) is 4.74 Å². The van der Waals surface area contributed by atoms with Crippen LogP contribution < -0.4 is 15.1 Å². The molecule has 148 valence electrons. The topological polar surface area (TPSA) is 77.9 Å². The number of pyridine rings is 1. The van der Waals surface area contributed by atoms with Crippen molar-refractivity contribution in [1.29, 1.82) is 0 Å². The Morgan fingerprint density at radius 2 is 2.18 bits per heavy atom. The van der Waals surface area contributed by atoms with Gasteiger partial charge in [-0.05, 0) is 35.4 Å². The van der Waals surface area contributed by atoms with Crippen molar-refractivity contribution < 1.29 is 19.0 Å². The van der Waals surface area contributed by atoms with E-state index in [9.17, 15) is 14.3 Å². The average molecular weight is 386 g/mol. The predicted molar refractivity (Wildman–Crippen MR) is 102 cm³/mol. The highest BCUT2D eigenvalue weighted by atomic mass is 19.1. The lowest BCUT2D eigenvalue weighted by atomic mass is 10.2. The number of amides is 1. The number of hydrogen-bond donors (Lipinski definition) is 2. The van der Waals surface area contributed by atoms with Crippen molar-refractivity contribution in [3.05, 3.63) is 53.6 Å². The largest absolute Gasteiger partial charge is 0.360 e. The van der Waals surface area contributed by atoms with Gasteiger partial charge in [-0.25, -0.2) is 4.39 Å². The number of nitrogens with zero attached hydrogens (tertiary/aromatic N) is 3. The second-order valence-electron chi connectivity index (χ2n) is 7.03. The normalized spacial score (nSPS) is 21.1. The van der Waals surface area contributed by atoms with Gasteiger partial charge in [0.05, 0.1) is 18.3 Å². The van der Waals surface area contributed by atoms with Gasteiger partial charge >= 0.3 is 0 Å². The van der Waals surface area contributed by atoms with Gasteiger partial charge in [-0.3, -0.25) is 9.78 Å². The first-order chi connectivity index (χ1) is 13.5. The molecular weight excluding hydrogens is 363 g/mol. The van der Waals surface area contributed by atoms with Crippen molar-refractivity contribution in [2.75, 3.05) is 22.9 Å². The Labute approximate surface area is 162 Å². The van der Waals surface area contributed by atoms with Gasteiger partial charge in [-0.15, -0.1) is 0 Å². The molecule has 0 spiro atoms. The van der Waals surface area contributed by atoms with E-state index in [-0.39, 0.29) is 17.8 Å². The van der Waals surface area contributed by atoms with Crippen molar-refractivity contribution in [3.63, 3.8) is 0 Å². The highest BCUT2D eigenvalue weighted by molar-refractivity contribution is 5.75. The van der Waals surface area contributed by atoms with Gasteiger partial charge < -0.3 is 25.0 Å². The number of carbonyl (C=O) groups excluding carboxylic acids is 1. The summed E-state index contributed by atoms with van der Waals surface area (Å²) in [6.45, 7) is 3.70. The van der Waals surface area contributed by atoms with Gasteiger partial charge in [0.1, 0.15) is 5.82 Å². The first kappa shape index (κ1) is 18.6. The molecule has 1 amide bonds. The highest BCUT2D eigenvalue weighted by Gasteiger charge is 2.32. The molecule has 1 saturated heterocycles. The van der Waals surface area contributed by atoms with E-state index in [0.29, 0.717) is 44.0 Å². The molecule has 2 aromatic rings. The Kier molecular flexibility index (Phi) is 5.15. The molecule has 1 fully saturated rings. The van der Waals surface area contributed by atoms with Crippen molar-refractivity contribution in [3.8, 4) is 0 Å². The third-order valence-electron chi connectivity index (χ3n) is 5.16. The number of halogens is 1. The van der Waals surface area contributed by atoms with Crippen molar-refractivity contribution in [2.24, 2.45) is 0 Å². The lowest BCUT2D eigenvalue weighted by molar-refractivity contribution is -0.122. The van der Waals surface area contributed by atoms with E-state index in [1.807, 2.05) is 17.2 Å². The van der Waals surface area contributed by atoms with E-state index in [0.717, 1.165) is 11.1 Å². The third kappa shape index (κ3) is 3.65. The zero-order valence-corrected chi connectivity index (χ0v) is 15.6. The summed E-state index contributed by atoms with van der Waals surface area (Å²) in [5, 5.41) is 12.9. The van der Waals surface area contributed by atoms with E-state index in [1.165, 1.54) is 6.07 Å². The minimum Gasteiger partial charge on any atom is -0.360 e. The van der Waals surface area contributed by atoms with Gasteiger partial charge in [0.25, 0.3) is 0 Å². The first-order valence-corrected chi connectivity index (χ1v) is 9.38. The van der Waals surface area contributed by atoms with Gasteiger partial charge in [0, 0.05) is 44.1 Å². The quantitative estimate of drug-likeness (QED) is 0.815. The van der Waals surface area contributed by atoms with Gasteiger partial charge in [-0.2, -0.15) is 0 Å². The van der Waals surface area contributed by atoms with Crippen LogP contribution in [0.2, 0.25) is 0 Å². The standard InChI is InChI=1S/C20H23FN4O3/c1-2-19(26)23-9-16-12-25(20(27)28-16)15-3-4-18(17(21)7-15)24-10-13-5-6-22-8-14(13)11-24/h3-8,16,20,27H,2,9-12H2,1H3,(H,23,26). The van der Waals surface area contributed by atoms with Crippen LogP contribution in [0.15, 0.2) is 36.7 Å². The maximum atomic E-state index is 14.8. The number of benzene rings is 1. The zero-order chi connectivity index (χ0) is 19.7. The molecule has 4 rings (SSSR count). The maximum Gasteiger partial charge on any atom is 0.238 e. The molecule has 28 heavy (non-hydrogen) atoms. The third-order valence-corrected chi connectivity index (χ3v) is 5.16. The van der Waals surface area contributed by atoms with E-state index < -0.39 is 6.41 Å². The highest BCUT2D eigenvalue weighted by Crippen LogP contribution is 2.33. The molecule has 8 heteroatoms. The second kappa shape index (κ2) is 7.73. The molecule has 0 bridgehead atoms. The van der Waals surface area contributed by atoms with Crippen LogP contribution >= 0.6 is 0 Å². The van der Waals surface area contributed by atoms with Crippen LogP contribution in [0, 0.1) is 5.82 Å². The summed E-state index contributed by atoms with van der Waals surface area (Å²) in [5.74, 6) is -0.429. The van der Waals surface area contributed by atoms with E-state index >= 15 is 0 Å². The predicted octanol–water partition coefficient (Wildman–Crippen LogP) is 1.75. The van der Waals surface area contributed by atoms with Crippen LogP contribution in [0.25, 0.3) is 0 Å². The summed E-state index contributed by atoms with van der Waals surface area (Å²) in [5.41, 5.74) is 3.31. The molecule has 0 aliphatic carbocycles. The molecule has 0 saturated carbocycles. The van der Waals surface area contributed by atoms with Crippen LogP contribution in [-0.4, -0.2) is 41.6 Å². The van der Waals surface area contributed by atoms with Crippen LogP contribution in [0.5, 0.6) is 0 Å². The first-order valence-electron chi connectivity index (χ1n) is 9.38. The number of ether oxygens (including phenoxy) is 1. The SMILES string of the molecule is CCC(=O)NCC1CN(c2ccc(N3Cc4ccncc4C3)c(F)c2)C(O)O1. The van der Waals surface area contributed by atoms with E-state index in [1.54, 1.807) is 30.2 Å². The number of aromatic nitrogens is 1. The lowest BCUT2D eigenvalue weighted by Crippen LogP contribution is -2.34. The fourth-order valence-corrected chi connectivity index (χ4v) is 3.62. The molecule has 3 heterocycles. The number of aliphatic hydroxyl groups is 1. The number of aliphatic hydroxyl groups excluding tert-OH is 1. The number of nitrogens with one attached hydrogen (secondary N) is 1. The molecule has 1 aromatic carbocycles. The lowest BCUT2D eigenvalue weighted by Gasteiger charge is -2.23. The number of fused-ring (bicyclic) bond motifs is 1.